The molecular weight excluding hydrogens is 108 g/mol. The van der Waals surface area contributed by atoms with Gasteiger partial charge in [-0.2, -0.15) is 0 Å². The van der Waals surface area contributed by atoms with Crippen LogP contribution in [0.25, 0.3) is 0 Å². The number of rotatable bonds is 0. The third-order valence-electron chi connectivity index (χ3n) is 1.69. The average molecular weight is 122 g/mol. The fourth-order valence-electron chi connectivity index (χ4n) is 1.06. The van der Waals surface area contributed by atoms with Crippen molar-refractivity contribution in [2.45, 2.75) is 26.2 Å². The standard InChI is InChI=1S/C9H14/c1-9-7-5-3-2-4-6-8-9/h2-3,6,8-9H,4-5,7H2,1H3/b3-2-,8-6-. The van der Waals surface area contributed by atoms with Gasteiger partial charge in [0.25, 0.3) is 0 Å². The molecule has 0 aromatic heterocycles. The Labute approximate surface area is 57.3 Å². The quantitative estimate of drug-likeness (QED) is 0.433. The molecule has 1 unspecified atom stereocenters. The van der Waals surface area contributed by atoms with Crippen molar-refractivity contribution >= 4 is 0 Å². The van der Waals surface area contributed by atoms with E-state index in [-0.39, 0.29) is 0 Å². The van der Waals surface area contributed by atoms with Gasteiger partial charge < -0.3 is 0 Å². The van der Waals surface area contributed by atoms with Gasteiger partial charge in [-0.3, -0.25) is 0 Å². The number of allylic oxidation sites excluding steroid dienone is 4. The van der Waals surface area contributed by atoms with Crippen LogP contribution >= 0.6 is 0 Å². The lowest BCUT2D eigenvalue weighted by molar-refractivity contribution is 0.652. The number of hydrogen-bond donors (Lipinski definition) is 0. The highest BCUT2D eigenvalue weighted by Gasteiger charge is 1.94. The molecule has 0 aromatic carbocycles. The van der Waals surface area contributed by atoms with Crippen molar-refractivity contribution in [3.63, 3.8) is 0 Å². The van der Waals surface area contributed by atoms with E-state index in [1.165, 1.54) is 12.8 Å². The molecule has 0 nitrogen and oxygen atoms in total. The Morgan fingerprint density at radius 2 is 2.11 bits per heavy atom. The van der Waals surface area contributed by atoms with E-state index in [2.05, 4.69) is 31.2 Å². The third kappa shape index (κ3) is 2.50. The van der Waals surface area contributed by atoms with Gasteiger partial charge in [0.1, 0.15) is 0 Å². The van der Waals surface area contributed by atoms with Crippen molar-refractivity contribution in [2.24, 2.45) is 5.92 Å². The second-order valence-electron chi connectivity index (χ2n) is 2.69. The Morgan fingerprint density at radius 1 is 1.22 bits per heavy atom. The zero-order valence-corrected chi connectivity index (χ0v) is 6.01. The van der Waals surface area contributed by atoms with Gasteiger partial charge >= 0.3 is 0 Å². The molecule has 0 fully saturated rings. The minimum Gasteiger partial charge on any atom is -0.0882 e. The second kappa shape index (κ2) is 3.49. The predicted octanol–water partition coefficient (Wildman–Crippen LogP) is 2.92. The maximum atomic E-state index is 2.31. The first-order valence-electron chi connectivity index (χ1n) is 3.71. The van der Waals surface area contributed by atoms with Crippen LogP contribution in [0, 0.1) is 5.92 Å². The van der Waals surface area contributed by atoms with E-state index < -0.39 is 0 Å². The molecule has 0 saturated heterocycles. The minimum atomic E-state index is 0.787. The SMILES string of the molecule is CC1/C=C\C/C=C\CC1. The zero-order valence-electron chi connectivity index (χ0n) is 6.01. The van der Waals surface area contributed by atoms with Crippen LogP contribution in [0.2, 0.25) is 0 Å². The first-order valence-corrected chi connectivity index (χ1v) is 3.71. The number of hydrogen-bond acceptors (Lipinski definition) is 0. The Hall–Kier alpha value is -0.520. The van der Waals surface area contributed by atoms with E-state index in [4.69, 9.17) is 0 Å². The normalized spacial score (nSPS) is 34.6. The molecule has 1 aliphatic carbocycles. The fraction of sp³-hybridized carbons (Fsp3) is 0.556. The first kappa shape index (κ1) is 6.60. The van der Waals surface area contributed by atoms with Crippen LogP contribution < -0.4 is 0 Å². The van der Waals surface area contributed by atoms with Crippen LogP contribution in [-0.2, 0) is 0 Å². The molecule has 1 atom stereocenters. The molecule has 0 aliphatic heterocycles. The van der Waals surface area contributed by atoms with Crippen LogP contribution in [-0.4, -0.2) is 0 Å². The van der Waals surface area contributed by atoms with Gasteiger partial charge in [0.15, 0.2) is 0 Å². The molecule has 0 N–H and O–H groups in total. The molecule has 1 aliphatic rings. The second-order valence-corrected chi connectivity index (χ2v) is 2.69. The molecule has 0 heterocycles. The molecule has 0 amide bonds. The topological polar surface area (TPSA) is 0 Å². The monoisotopic (exact) mass is 122 g/mol. The van der Waals surface area contributed by atoms with E-state index in [0.29, 0.717) is 0 Å². The predicted molar refractivity (Wildman–Crippen MR) is 41.3 cm³/mol. The van der Waals surface area contributed by atoms with E-state index >= 15 is 0 Å². The lowest BCUT2D eigenvalue weighted by Gasteiger charge is -2.04. The lowest BCUT2D eigenvalue weighted by atomic mass is 10.0. The molecule has 0 bridgehead atoms. The minimum absolute atomic E-state index is 0.787. The van der Waals surface area contributed by atoms with Crippen molar-refractivity contribution in [3.8, 4) is 0 Å². The molecule has 9 heavy (non-hydrogen) atoms. The summed E-state index contributed by atoms with van der Waals surface area (Å²) >= 11 is 0. The average Bonchev–Trinajstić information content (AvgIpc) is 1.79. The maximum Gasteiger partial charge on any atom is -0.0169 e. The van der Waals surface area contributed by atoms with Gasteiger partial charge in [0.2, 0.25) is 0 Å². The summed E-state index contributed by atoms with van der Waals surface area (Å²) in [5.74, 6) is 0.787. The van der Waals surface area contributed by atoms with Crippen molar-refractivity contribution in [1.29, 1.82) is 0 Å². The molecule has 50 valence electrons. The van der Waals surface area contributed by atoms with Crippen molar-refractivity contribution in [3.05, 3.63) is 24.3 Å². The van der Waals surface area contributed by atoms with Crippen molar-refractivity contribution < 1.29 is 0 Å². The Bertz CT molecular complexity index is 120. The van der Waals surface area contributed by atoms with Gasteiger partial charge in [-0.15, -0.1) is 0 Å². The lowest BCUT2D eigenvalue weighted by Crippen LogP contribution is -1.88. The van der Waals surface area contributed by atoms with Gasteiger partial charge in [0, 0.05) is 0 Å². The van der Waals surface area contributed by atoms with Crippen LogP contribution in [0.15, 0.2) is 24.3 Å². The molecule has 0 aromatic rings. The van der Waals surface area contributed by atoms with E-state index in [0.717, 1.165) is 12.3 Å². The molecule has 0 saturated carbocycles. The van der Waals surface area contributed by atoms with Gasteiger partial charge in [0.05, 0.1) is 0 Å². The molecule has 0 radical (unpaired) electrons. The molecule has 1 rings (SSSR count). The summed E-state index contributed by atoms with van der Waals surface area (Å²) in [4.78, 5) is 0. The highest BCUT2D eigenvalue weighted by Crippen LogP contribution is 2.10. The fourth-order valence-corrected chi connectivity index (χ4v) is 1.06. The van der Waals surface area contributed by atoms with Gasteiger partial charge in [-0.25, -0.2) is 0 Å². The van der Waals surface area contributed by atoms with Crippen LogP contribution in [0.4, 0.5) is 0 Å². The van der Waals surface area contributed by atoms with Gasteiger partial charge in [-0.05, 0) is 25.2 Å². The van der Waals surface area contributed by atoms with Crippen LogP contribution in [0.3, 0.4) is 0 Å². The third-order valence-corrected chi connectivity index (χ3v) is 1.69. The highest BCUT2D eigenvalue weighted by atomic mass is 14.0. The Kier molecular flexibility index (Phi) is 2.56. The largest absolute Gasteiger partial charge is 0.0882 e. The summed E-state index contributed by atoms with van der Waals surface area (Å²) in [6, 6.07) is 0. The van der Waals surface area contributed by atoms with Crippen LogP contribution in [0.5, 0.6) is 0 Å². The smallest absolute Gasteiger partial charge is 0.0169 e. The summed E-state index contributed by atoms with van der Waals surface area (Å²) in [5, 5.41) is 0. The van der Waals surface area contributed by atoms with E-state index in [1.54, 1.807) is 0 Å². The summed E-state index contributed by atoms with van der Waals surface area (Å²) in [5.41, 5.74) is 0. The molecular formula is C9H14. The highest BCUT2D eigenvalue weighted by molar-refractivity contribution is 4.97. The van der Waals surface area contributed by atoms with Crippen molar-refractivity contribution in [2.75, 3.05) is 0 Å². The van der Waals surface area contributed by atoms with Crippen LogP contribution in [0.1, 0.15) is 26.2 Å². The summed E-state index contributed by atoms with van der Waals surface area (Å²) < 4.78 is 0. The molecule has 0 heteroatoms. The summed E-state index contributed by atoms with van der Waals surface area (Å²) in [6.07, 6.45) is 12.8. The van der Waals surface area contributed by atoms with E-state index in [9.17, 15) is 0 Å². The van der Waals surface area contributed by atoms with E-state index in [1.807, 2.05) is 0 Å². The molecule has 0 spiro atoms. The summed E-state index contributed by atoms with van der Waals surface area (Å²) in [7, 11) is 0. The first-order chi connectivity index (χ1) is 4.39. The van der Waals surface area contributed by atoms with Crippen molar-refractivity contribution in [1.82, 2.24) is 0 Å². The Balaban J connectivity index is 2.40. The van der Waals surface area contributed by atoms with Gasteiger partial charge in [-0.1, -0.05) is 31.2 Å². The Morgan fingerprint density at radius 3 is 3.00 bits per heavy atom. The zero-order chi connectivity index (χ0) is 6.53. The maximum absolute atomic E-state index is 2.31. The summed E-state index contributed by atoms with van der Waals surface area (Å²) in [6.45, 7) is 2.27.